The molecule has 1 heterocycles. The van der Waals surface area contributed by atoms with E-state index in [0.29, 0.717) is 6.42 Å². The van der Waals surface area contributed by atoms with Crippen molar-refractivity contribution in [3.05, 3.63) is 12.2 Å². The SMILES string of the molecule is CCCCCCCCCCCCCCCCCCCCCCCC/C=C/CCCCCCCCCCCCCCCCCCCCCCCCCCCCCCCC1CC(=O)OCC(CO)(CO)COC1=O. The van der Waals surface area contributed by atoms with Crippen LogP contribution in [0.3, 0.4) is 0 Å². The summed E-state index contributed by atoms with van der Waals surface area (Å²) in [5, 5.41) is 19.2. The molecule has 0 aromatic carbocycles. The van der Waals surface area contributed by atoms with E-state index < -0.39 is 36.5 Å². The Morgan fingerprint density at radius 1 is 0.361 bits per heavy atom. The van der Waals surface area contributed by atoms with Crippen LogP contribution < -0.4 is 0 Å². The van der Waals surface area contributed by atoms with Gasteiger partial charge in [-0.1, -0.05) is 334 Å². The third-order valence-electron chi connectivity index (χ3n) is 16.3. The average molecular weight is 1020 g/mol. The average Bonchev–Trinajstić information content (AvgIpc) is 3.45. The first kappa shape index (κ1) is 68.6. The normalized spacial score (nSPS) is 15.2. The summed E-state index contributed by atoms with van der Waals surface area (Å²) in [5.74, 6) is -1.40. The van der Waals surface area contributed by atoms with Crippen molar-refractivity contribution >= 4 is 11.9 Å². The van der Waals surface area contributed by atoms with Crippen molar-refractivity contribution in [1.82, 2.24) is 0 Å². The third kappa shape index (κ3) is 47.1. The molecule has 0 amide bonds. The van der Waals surface area contributed by atoms with E-state index in [9.17, 15) is 19.8 Å². The molecule has 0 bridgehead atoms. The Bertz CT molecular complexity index is 1130. The lowest BCUT2D eigenvalue weighted by Crippen LogP contribution is -2.40. The number of esters is 2. The number of unbranched alkanes of at least 4 members (excludes halogenated alkanes) is 51. The molecule has 1 saturated heterocycles. The zero-order valence-corrected chi connectivity index (χ0v) is 48.5. The van der Waals surface area contributed by atoms with Crippen LogP contribution in [0, 0.1) is 11.3 Å². The summed E-state index contributed by atoms with van der Waals surface area (Å²) in [6.45, 7) is 1.21. The number of ether oxygens (including phenoxy) is 2. The van der Waals surface area contributed by atoms with Gasteiger partial charge in [0.1, 0.15) is 13.2 Å². The first-order valence-electron chi connectivity index (χ1n) is 32.8. The van der Waals surface area contributed by atoms with Crippen LogP contribution in [-0.2, 0) is 19.1 Å². The number of carbonyl (C=O) groups is 2. The van der Waals surface area contributed by atoms with Crippen molar-refractivity contribution in [2.45, 2.75) is 360 Å². The molecular weight excluding hydrogens is 889 g/mol. The van der Waals surface area contributed by atoms with E-state index in [2.05, 4.69) is 19.1 Å². The molecule has 0 saturated carbocycles. The molecule has 72 heavy (non-hydrogen) atoms. The van der Waals surface area contributed by atoms with E-state index >= 15 is 0 Å². The molecule has 1 aliphatic heterocycles. The van der Waals surface area contributed by atoms with Gasteiger partial charge in [0.05, 0.1) is 31.0 Å². The lowest BCUT2D eigenvalue weighted by atomic mass is 9.92. The number of aliphatic hydroxyl groups excluding tert-OH is 2. The first-order valence-corrected chi connectivity index (χ1v) is 32.8. The van der Waals surface area contributed by atoms with Gasteiger partial charge in [-0.2, -0.15) is 0 Å². The van der Waals surface area contributed by atoms with Gasteiger partial charge >= 0.3 is 11.9 Å². The van der Waals surface area contributed by atoms with Gasteiger partial charge < -0.3 is 19.7 Å². The first-order chi connectivity index (χ1) is 35.6. The van der Waals surface area contributed by atoms with Crippen LogP contribution in [0.4, 0.5) is 0 Å². The molecule has 2 N–H and O–H groups in total. The highest BCUT2D eigenvalue weighted by atomic mass is 16.6. The summed E-state index contributed by atoms with van der Waals surface area (Å²) < 4.78 is 10.6. The van der Waals surface area contributed by atoms with E-state index in [0.717, 1.165) is 19.3 Å². The number of allylic oxidation sites excluding steroid dienone is 2. The Morgan fingerprint density at radius 2 is 0.597 bits per heavy atom. The van der Waals surface area contributed by atoms with Gasteiger partial charge in [-0.3, -0.25) is 9.59 Å². The number of aliphatic hydroxyl groups is 2. The highest BCUT2D eigenvalue weighted by Gasteiger charge is 2.36. The van der Waals surface area contributed by atoms with Crippen molar-refractivity contribution in [1.29, 1.82) is 0 Å². The van der Waals surface area contributed by atoms with Crippen molar-refractivity contribution in [2.75, 3.05) is 26.4 Å². The van der Waals surface area contributed by atoms with E-state index in [4.69, 9.17) is 9.47 Å². The Labute approximate surface area is 449 Å². The summed E-state index contributed by atoms with van der Waals surface area (Å²) in [5.41, 5.74) is -1.12. The molecule has 0 aromatic rings. The minimum Gasteiger partial charge on any atom is -0.465 e. The highest BCUT2D eigenvalue weighted by molar-refractivity contribution is 5.80. The molecule has 1 aliphatic rings. The van der Waals surface area contributed by atoms with E-state index in [1.54, 1.807) is 0 Å². The number of hydrogen-bond donors (Lipinski definition) is 2. The fraction of sp³-hybridized carbons (Fsp3) is 0.939. The van der Waals surface area contributed by atoms with Crippen LogP contribution in [0.5, 0.6) is 0 Å². The maximum absolute atomic E-state index is 12.5. The molecule has 0 radical (unpaired) electrons. The summed E-state index contributed by atoms with van der Waals surface area (Å²) in [7, 11) is 0. The zero-order valence-electron chi connectivity index (χ0n) is 48.5. The summed E-state index contributed by atoms with van der Waals surface area (Å²) in [6, 6.07) is 0. The lowest BCUT2D eigenvalue weighted by molar-refractivity contribution is -0.155. The molecular formula is C66H126O6. The molecule has 0 aliphatic carbocycles. The van der Waals surface area contributed by atoms with Gasteiger partial charge in [0.2, 0.25) is 0 Å². The number of cyclic esters (lactones) is 2. The minimum atomic E-state index is -1.12. The van der Waals surface area contributed by atoms with Gasteiger partial charge in [-0.25, -0.2) is 0 Å². The Morgan fingerprint density at radius 3 is 0.861 bits per heavy atom. The number of hydrogen-bond acceptors (Lipinski definition) is 6. The van der Waals surface area contributed by atoms with Gasteiger partial charge in [0, 0.05) is 0 Å². The molecule has 1 fully saturated rings. The van der Waals surface area contributed by atoms with Gasteiger partial charge in [0.25, 0.3) is 0 Å². The summed E-state index contributed by atoms with van der Waals surface area (Å²) >= 11 is 0. The van der Waals surface area contributed by atoms with Crippen molar-refractivity contribution in [3.63, 3.8) is 0 Å². The molecule has 1 atom stereocenters. The van der Waals surface area contributed by atoms with Crippen LogP contribution in [0.25, 0.3) is 0 Å². The van der Waals surface area contributed by atoms with E-state index in [-0.39, 0.29) is 19.6 Å². The molecule has 0 spiro atoms. The fourth-order valence-electron chi connectivity index (χ4n) is 10.9. The van der Waals surface area contributed by atoms with Crippen LogP contribution in [-0.4, -0.2) is 48.6 Å². The minimum absolute atomic E-state index is 0.00474. The number of rotatable bonds is 57. The van der Waals surface area contributed by atoms with Gasteiger partial charge in [-0.15, -0.1) is 0 Å². The second-order valence-electron chi connectivity index (χ2n) is 23.5. The molecule has 426 valence electrons. The quantitative estimate of drug-likeness (QED) is 0.0358. The van der Waals surface area contributed by atoms with Gasteiger partial charge in [0.15, 0.2) is 0 Å². The van der Waals surface area contributed by atoms with Crippen molar-refractivity contribution in [2.24, 2.45) is 11.3 Å². The van der Waals surface area contributed by atoms with E-state index in [1.807, 2.05) is 0 Å². The van der Waals surface area contributed by atoms with Crippen LogP contribution >= 0.6 is 0 Å². The topological polar surface area (TPSA) is 93.1 Å². The van der Waals surface area contributed by atoms with Crippen molar-refractivity contribution < 1.29 is 29.3 Å². The van der Waals surface area contributed by atoms with Gasteiger partial charge in [-0.05, 0) is 32.1 Å². The van der Waals surface area contributed by atoms with Crippen LogP contribution in [0.15, 0.2) is 12.2 Å². The van der Waals surface area contributed by atoms with E-state index in [1.165, 1.54) is 321 Å². The molecule has 1 unspecified atom stereocenters. The second-order valence-corrected chi connectivity index (χ2v) is 23.5. The molecule has 0 aromatic heterocycles. The largest absolute Gasteiger partial charge is 0.465 e. The van der Waals surface area contributed by atoms with Crippen molar-refractivity contribution in [3.8, 4) is 0 Å². The smallest absolute Gasteiger partial charge is 0.309 e. The molecule has 1 rings (SSSR count). The lowest BCUT2D eigenvalue weighted by Gasteiger charge is -2.27. The summed E-state index contributed by atoms with van der Waals surface area (Å²) in [6.07, 6.45) is 80.1. The third-order valence-corrected chi connectivity index (χ3v) is 16.3. The van der Waals surface area contributed by atoms with Crippen LogP contribution in [0.1, 0.15) is 360 Å². The summed E-state index contributed by atoms with van der Waals surface area (Å²) in [4.78, 5) is 24.7. The standard InChI is InChI=1S/C66H126O6/c1-2-3-4-5-6-7-8-9-10-11-12-13-14-15-16-17-18-19-20-21-22-23-24-25-26-27-28-29-30-31-32-33-34-35-36-37-38-39-40-41-42-43-44-45-46-47-48-49-50-51-52-53-54-55-56-57-63-58-64(69)71-61-66(59-67,60-68)62-72-65(63)70/h25-26,63,67-68H,2-24,27-62H2,1H3/b26-25+. The highest BCUT2D eigenvalue weighted by Crippen LogP contribution is 2.25. The molecule has 6 heteroatoms. The predicted molar refractivity (Wildman–Crippen MR) is 311 cm³/mol. The Hall–Kier alpha value is -1.40. The monoisotopic (exact) mass is 1010 g/mol. The maximum Gasteiger partial charge on any atom is 0.309 e. The zero-order chi connectivity index (χ0) is 51.8. The second kappa shape index (κ2) is 55.8. The number of carbonyl (C=O) groups excluding carboxylic acids is 2. The fourth-order valence-corrected chi connectivity index (χ4v) is 10.9. The Balaban J connectivity index is 1.68. The maximum atomic E-state index is 12.5. The Kier molecular flexibility index (Phi) is 53.2. The predicted octanol–water partition coefficient (Wildman–Crippen LogP) is 20.7. The van der Waals surface area contributed by atoms with Crippen LogP contribution in [0.2, 0.25) is 0 Å². The molecule has 6 nitrogen and oxygen atoms in total.